The van der Waals surface area contributed by atoms with Crippen LogP contribution in [0.4, 0.5) is 0 Å². The quantitative estimate of drug-likeness (QED) is 0.868. The molecule has 0 heterocycles. The van der Waals surface area contributed by atoms with Crippen molar-refractivity contribution >= 4 is 5.91 Å². The van der Waals surface area contributed by atoms with Crippen LogP contribution in [0.1, 0.15) is 30.5 Å². The van der Waals surface area contributed by atoms with Crippen LogP contribution in [-0.4, -0.2) is 5.91 Å². The minimum atomic E-state index is 0.0712. The summed E-state index contributed by atoms with van der Waals surface area (Å²) < 4.78 is 0. The van der Waals surface area contributed by atoms with E-state index in [1.165, 1.54) is 0 Å². The Hall–Kier alpha value is -2.09. The Labute approximate surface area is 114 Å². The van der Waals surface area contributed by atoms with Crippen LogP contribution in [0, 0.1) is 0 Å². The van der Waals surface area contributed by atoms with Crippen LogP contribution >= 0.6 is 0 Å². The molecule has 0 unspecified atom stereocenters. The number of rotatable bonds is 5. The van der Waals surface area contributed by atoms with Gasteiger partial charge in [0, 0.05) is 0 Å². The molecule has 0 spiro atoms. The van der Waals surface area contributed by atoms with Crippen LogP contribution < -0.4 is 5.32 Å². The second-order valence-electron chi connectivity index (χ2n) is 4.60. The highest BCUT2D eigenvalue weighted by Gasteiger charge is 2.12. The van der Waals surface area contributed by atoms with E-state index < -0.39 is 0 Å². The van der Waals surface area contributed by atoms with E-state index >= 15 is 0 Å². The van der Waals surface area contributed by atoms with Crippen LogP contribution in [0.25, 0.3) is 0 Å². The summed E-state index contributed by atoms with van der Waals surface area (Å²) in [7, 11) is 0. The largest absolute Gasteiger partial charge is 0.349 e. The fraction of sp³-hybridized carbons (Fsp3) is 0.235. The van der Waals surface area contributed by atoms with E-state index in [1.807, 2.05) is 48.5 Å². The molecule has 0 bridgehead atoms. The van der Waals surface area contributed by atoms with Gasteiger partial charge >= 0.3 is 0 Å². The first kappa shape index (κ1) is 13.3. The summed E-state index contributed by atoms with van der Waals surface area (Å²) in [6.07, 6.45) is 1.33. The SMILES string of the molecule is CC[C@H](NC(=O)Cc1ccccc1)c1ccccc1. The molecule has 0 aliphatic rings. The molecular weight excluding hydrogens is 234 g/mol. The first-order valence-corrected chi connectivity index (χ1v) is 6.68. The van der Waals surface area contributed by atoms with Gasteiger partial charge in [-0.2, -0.15) is 0 Å². The van der Waals surface area contributed by atoms with E-state index in [2.05, 4.69) is 24.4 Å². The Bertz CT molecular complexity index is 507. The average Bonchev–Trinajstić information content (AvgIpc) is 2.47. The summed E-state index contributed by atoms with van der Waals surface area (Å²) in [5.41, 5.74) is 2.20. The molecule has 0 saturated heterocycles. The normalized spacial score (nSPS) is 11.8. The highest BCUT2D eigenvalue weighted by atomic mass is 16.1. The van der Waals surface area contributed by atoms with Crippen LogP contribution in [0.3, 0.4) is 0 Å². The van der Waals surface area contributed by atoms with Crippen molar-refractivity contribution < 1.29 is 4.79 Å². The summed E-state index contributed by atoms with van der Waals surface area (Å²) in [5.74, 6) is 0.0712. The molecule has 1 amide bonds. The van der Waals surface area contributed by atoms with E-state index in [1.54, 1.807) is 0 Å². The molecule has 2 nitrogen and oxygen atoms in total. The number of carbonyl (C=O) groups excluding carboxylic acids is 1. The summed E-state index contributed by atoms with van der Waals surface area (Å²) in [4.78, 5) is 12.0. The molecule has 0 aromatic heterocycles. The van der Waals surface area contributed by atoms with Crippen molar-refractivity contribution in [3.63, 3.8) is 0 Å². The number of amides is 1. The van der Waals surface area contributed by atoms with Gasteiger partial charge in [0.2, 0.25) is 5.91 Å². The number of hydrogen-bond acceptors (Lipinski definition) is 1. The maximum Gasteiger partial charge on any atom is 0.224 e. The number of nitrogens with one attached hydrogen (secondary N) is 1. The van der Waals surface area contributed by atoms with E-state index in [4.69, 9.17) is 0 Å². The maximum atomic E-state index is 12.0. The number of carbonyl (C=O) groups is 1. The molecule has 0 radical (unpaired) electrons. The van der Waals surface area contributed by atoms with E-state index in [-0.39, 0.29) is 11.9 Å². The molecule has 98 valence electrons. The third kappa shape index (κ3) is 3.95. The van der Waals surface area contributed by atoms with E-state index in [0.29, 0.717) is 6.42 Å². The number of hydrogen-bond donors (Lipinski definition) is 1. The van der Waals surface area contributed by atoms with Crippen molar-refractivity contribution in [2.75, 3.05) is 0 Å². The van der Waals surface area contributed by atoms with Gasteiger partial charge in [0.1, 0.15) is 0 Å². The molecule has 1 atom stereocenters. The summed E-state index contributed by atoms with van der Waals surface area (Å²) in [5, 5.41) is 3.09. The summed E-state index contributed by atoms with van der Waals surface area (Å²) >= 11 is 0. The molecule has 19 heavy (non-hydrogen) atoms. The topological polar surface area (TPSA) is 29.1 Å². The van der Waals surface area contributed by atoms with Crippen LogP contribution in [0.2, 0.25) is 0 Å². The highest BCUT2D eigenvalue weighted by Crippen LogP contribution is 2.16. The monoisotopic (exact) mass is 253 g/mol. The van der Waals surface area contributed by atoms with Crippen LogP contribution in [0.5, 0.6) is 0 Å². The van der Waals surface area contributed by atoms with Crippen molar-refractivity contribution in [3.8, 4) is 0 Å². The Morgan fingerprint density at radius 1 is 1.00 bits per heavy atom. The van der Waals surface area contributed by atoms with Crippen molar-refractivity contribution in [1.29, 1.82) is 0 Å². The Balaban J connectivity index is 1.97. The standard InChI is InChI=1S/C17H19NO/c1-2-16(15-11-7-4-8-12-15)18-17(19)13-14-9-5-3-6-10-14/h3-12,16H,2,13H2,1H3,(H,18,19)/t16-/m0/s1. The Kier molecular flexibility index (Phi) is 4.73. The van der Waals surface area contributed by atoms with Crippen LogP contribution in [0.15, 0.2) is 60.7 Å². The predicted molar refractivity (Wildman–Crippen MR) is 77.8 cm³/mol. The van der Waals surface area contributed by atoms with Crippen molar-refractivity contribution in [2.45, 2.75) is 25.8 Å². The van der Waals surface area contributed by atoms with Crippen molar-refractivity contribution in [3.05, 3.63) is 71.8 Å². The molecule has 2 aromatic carbocycles. The van der Waals surface area contributed by atoms with Gasteiger partial charge < -0.3 is 5.32 Å². The molecular formula is C17H19NO. The molecule has 0 aliphatic carbocycles. The third-order valence-corrected chi connectivity index (χ3v) is 3.15. The van der Waals surface area contributed by atoms with Crippen molar-refractivity contribution in [2.24, 2.45) is 0 Å². The zero-order valence-electron chi connectivity index (χ0n) is 11.2. The molecule has 0 fully saturated rings. The van der Waals surface area contributed by atoms with Gasteiger partial charge in [0.05, 0.1) is 12.5 Å². The fourth-order valence-corrected chi connectivity index (χ4v) is 2.13. The summed E-state index contributed by atoms with van der Waals surface area (Å²) in [6.45, 7) is 2.08. The minimum absolute atomic E-state index is 0.0712. The number of benzene rings is 2. The van der Waals surface area contributed by atoms with Gasteiger partial charge in [-0.1, -0.05) is 67.6 Å². The lowest BCUT2D eigenvalue weighted by Crippen LogP contribution is -2.29. The molecule has 2 aromatic rings. The van der Waals surface area contributed by atoms with Gasteiger partial charge in [0.25, 0.3) is 0 Å². The Morgan fingerprint density at radius 3 is 2.16 bits per heavy atom. The first-order valence-electron chi connectivity index (χ1n) is 6.68. The van der Waals surface area contributed by atoms with Gasteiger partial charge in [-0.05, 0) is 17.5 Å². The van der Waals surface area contributed by atoms with Gasteiger partial charge in [-0.25, -0.2) is 0 Å². The lowest BCUT2D eigenvalue weighted by molar-refractivity contribution is -0.121. The molecule has 0 aliphatic heterocycles. The lowest BCUT2D eigenvalue weighted by atomic mass is 10.0. The fourth-order valence-electron chi connectivity index (χ4n) is 2.13. The molecule has 2 rings (SSSR count). The molecule has 2 heteroatoms. The molecule has 0 saturated carbocycles. The minimum Gasteiger partial charge on any atom is -0.349 e. The van der Waals surface area contributed by atoms with Crippen LogP contribution in [-0.2, 0) is 11.2 Å². The second-order valence-corrected chi connectivity index (χ2v) is 4.60. The maximum absolute atomic E-state index is 12.0. The van der Waals surface area contributed by atoms with Gasteiger partial charge in [-0.15, -0.1) is 0 Å². The summed E-state index contributed by atoms with van der Waals surface area (Å²) in [6, 6.07) is 20.0. The average molecular weight is 253 g/mol. The van der Waals surface area contributed by atoms with Crippen molar-refractivity contribution in [1.82, 2.24) is 5.32 Å². The Morgan fingerprint density at radius 2 is 1.58 bits per heavy atom. The van der Waals surface area contributed by atoms with E-state index in [9.17, 15) is 4.79 Å². The van der Waals surface area contributed by atoms with Gasteiger partial charge in [-0.3, -0.25) is 4.79 Å². The van der Waals surface area contributed by atoms with Gasteiger partial charge in [0.15, 0.2) is 0 Å². The third-order valence-electron chi connectivity index (χ3n) is 3.15. The molecule has 1 N–H and O–H groups in total. The van der Waals surface area contributed by atoms with E-state index in [0.717, 1.165) is 17.5 Å². The zero-order valence-corrected chi connectivity index (χ0v) is 11.2. The lowest BCUT2D eigenvalue weighted by Gasteiger charge is -2.17. The first-order chi connectivity index (χ1) is 9.29. The zero-order chi connectivity index (χ0) is 13.5. The predicted octanol–water partition coefficient (Wildman–Crippen LogP) is 3.50. The second kappa shape index (κ2) is 6.74. The smallest absolute Gasteiger partial charge is 0.224 e. The highest BCUT2D eigenvalue weighted by molar-refractivity contribution is 5.79.